The second-order valence-electron chi connectivity index (χ2n) is 5.37. The number of nitrogens with zero attached hydrogens (tertiary/aromatic N) is 3. The Kier molecular flexibility index (Phi) is 3.50. The molecule has 0 unspecified atom stereocenters. The molecule has 4 rings (SSSR count). The Hall–Kier alpha value is -1.28. The van der Waals surface area contributed by atoms with E-state index in [1.165, 1.54) is 0 Å². The Labute approximate surface area is 126 Å². The van der Waals surface area contributed by atoms with E-state index in [9.17, 15) is 0 Å². The molecular weight excluding hydrogens is 290 g/mol. The average molecular weight is 307 g/mol. The van der Waals surface area contributed by atoms with Crippen LogP contribution < -0.4 is 0 Å². The predicted octanol–water partition coefficient (Wildman–Crippen LogP) is 2.14. The van der Waals surface area contributed by atoms with E-state index in [-0.39, 0.29) is 5.79 Å². The molecule has 0 N–H and O–H groups in total. The molecule has 1 spiro atoms. The molecule has 2 aromatic heterocycles. The number of thiophene rings is 1. The Morgan fingerprint density at radius 3 is 2.76 bits per heavy atom. The third-order valence-corrected chi connectivity index (χ3v) is 4.87. The molecule has 0 atom stereocenters. The van der Waals surface area contributed by atoms with Crippen LogP contribution >= 0.6 is 11.3 Å². The number of rotatable bonds is 3. The van der Waals surface area contributed by atoms with E-state index in [1.54, 1.807) is 11.3 Å². The van der Waals surface area contributed by atoms with E-state index >= 15 is 0 Å². The van der Waals surface area contributed by atoms with Gasteiger partial charge in [-0.1, -0.05) is 11.2 Å². The van der Waals surface area contributed by atoms with Crippen molar-refractivity contribution < 1.29 is 14.0 Å². The van der Waals surface area contributed by atoms with Gasteiger partial charge in [0.1, 0.15) is 0 Å². The van der Waals surface area contributed by atoms with Crippen LogP contribution in [0.3, 0.4) is 0 Å². The standard InChI is InChI=1S/C14H17N3O3S/c1-2-11(21-9-1)13-15-12(20-16-13)10-17-5-3-14(4-6-17)18-7-8-19-14/h1-2,9H,3-8,10H2. The maximum atomic E-state index is 5.73. The van der Waals surface area contributed by atoms with Gasteiger partial charge < -0.3 is 14.0 Å². The highest BCUT2D eigenvalue weighted by Gasteiger charge is 2.39. The lowest BCUT2D eigenvalue weighted by molar-refractivity contribution is -0.186. The van der Waals surface area contributed by atoms with Gasteiger partial charge in [0, 0.05) is 25.9 Å². The number of aromatic nitrogens is 2. The summed E-state index contributed by atoms with van der Waals surface area (Å²) in [6.45, 7) is 3.98. The van der Waals surface area contributed by atoms with E-state index in [0.29, 0.717) is 31.5 Å². The normalized spacial score (nSPS) is 22.1. The molecule has 6 nitrogen and oxygen atoms in total. The van der Waals surface area contributed by atoms with Gasteiger partial charge in [0.15, 0.2) is 5.79 Å². The van der Waals surface area contributed by atoms with Gasteiger partial charge in [-0.05, 0) is 11.4 Å². The fourth-order valence-corrected chi connectivity index (χ4v) is 3.50. The van der Waals surface area contributed by atoms with Crippen LogP contribution in [0, 0.1) is 0 Å². The van der Waals surface area contributed by atoms with Crippen molar-refractivity contribution in [3.05, 3.63) is 23.4 Å². The molecular formula is C14H17N3O3S. The largest absolute Gasteiger partial charge is 0.347 e. The van der Waals surface area contributed by atoms with E-state index in [2.05, 4.69) is 15.0 Å². The van der Waals surface area contributed by atoms with Crippen molar-refractivity contribution in [3.63, 3.8) is 0 Å². The highest BCUT2D eigenvalue weighted by atomic mass is 32.1. The van der Waals surface area contributed by atoms with Crippen molar-refractivity contribution in [2.45, 2.75) is 25.2 Å². The predicted molar refractivity (Wildman–Crippen MR) is 76.8 cm³/mol. The zero-order chi connectivity index (χ0) is 14.1. The lowest BCUT2D eigenvalue weighted by atomic mass is 10.0. The Balaban J connectivity index is 1.37. The first kappa shape index (κ1) is 13.4. The maximum Gasteiger partial charge on any atom is 0.241 e. The molecule has 21 heavy (non-hydrogen) atoms. The second kappa shape index (κ2) is 5.49. The fourth-order valence-electron chi connectivity index (χ4n) is 2.85. The summed E-state index contributed by atoms with van der Waals surface area (Å²) in [5, 5.41) is 6.05. The molecule has 0 aromatic carbocycles. The minimum Gasteiger partial charge on any atom is -0.347 e. The average Bonchev–Trinajstić information content (AvgIpc) is 3.23. The first-order valence-electron chi connectivity index (χ1n) is 7.20. The molecule has 0 bridgehead atoms. The van der Waals surface area contributed by atoms with Gasteiger partial charge in [-0.15, -0.1) is 11.3 Å². The zero-order valence-electron chi connectivity index (χ0n) is 11.7. The molecule has 0 radical (unpaired) electrons. The highest BCUT2D eigenvalue weighted by Crippen LogP contribution is 2.31. The summed E-state index contributed by atoms with van der Waals surface area (Å²) in [5.41, 5.74) is 0. The second-order valence-corrected chi connectivity index (χ2v) is 6.32. The van der Waals surface area contributed by atoms with Crippen molar-refractivity contribution in [1.29, 1.82) is 0 Å². The minimum absolute atomic E-state index is 0.326. The maximum absolute atomic E-state index is 5.73. The van der Waals surface area contributed by atoms with Crippen LogP contribution in [0.5, 0.6) is 0 Å². The quantitative estimate of drug-likeness (QED) is 0.866. The highest BCUT2D eigenvalue weighted by molar-refractivity contribution is 7.13. The van der Waals surface area contributed by atoms with Crippen molar-refractivity contribution >= 4 is 11.3 Å². The Morgan fingerprint density at radius 1 is 1.24 bits per heavy atom. The molecule has 2 aliphatic rings. The monoisotopic (exact) mass is 307 g/mol. The Morgan fingerprint density at radius 2 is 2.05 bits per heavy atom. The summed E-state index contributed by atoms with van der Waals surface area (Å²) in [4.78, 5) is 7.81. The third kappa shape index (κ3) is 2.74. The summed E-state index contributed by atoms with van der Waals surface area (Å²) < 4.78 is 16.8. The van der Waals surface area contributed by atoms with Gasteiger partial charge in [-0.3, -0.25) is 4.90 Å². The van der Waals surface area contributed by atoms with Crippen molar-refractivity contribution in [1.82, 2.24) is 15.0 Å². The molecule has 2 aliphatic heterocycles. The number of ether oxygens (including phenoxy) is 2. The number of likely N-dealkylation sites (tertiary alicyclic amines) is 1. The summed E-state index contributed by atoms with van der Waals surface area (Å²) >= 11 is 1.62. The van der Waals surface area contributed by atoms with Crippen molar-refractivity contribution in [2.24, 2.45) is 0 Å². The van der Waals surface area contributed by atoms with E-state index in [1.807, 2.05) is 17.5 Å². The molecule has 2 saturated heterocycles. The van der Waals surface area contributed by atoms with Crippen LogP contribution in [0.25, 0.3) is 10.7 Å². The molecule has 2 fully saturated rings. The van der Waals surface area contributed by atoms with Crippen LogP contribution in [0.2, 0.25) is 0 Å². The van der Waals surface area contributed by atoms with Gasteiger partial charge in [-0.2, -0.15) is 4.98 Å². The summed E-state index contributed by atoms with van der Waals surface area (Å²) in [6, 6.07) is 3.99. The minimum atomic E-state index is -0.326. The van der Waals surface area contributed by atoms with Crippen LogP contribution in [0.15, 0.2) is 22.0 Å². The van der Waals surface area contributed by atoms with E-state index in [0.717, 1.165) is 30.8 Å². The molecule has 112 valence electrons. The van der Waals surface area contributed by atoms with Gasteiger partial charge in [0.2, 0.25) is 11.7 Å². The van der Waals surface area contributed by atoms with Gasteiger partial charge in [0.25, 0.3) is 0 Å². The molecule has 0 amide bonds. The van der Waals surface area contributed by atoms with Gasteiger partial charge in [-0.25, -0.2) is 0 Å². The van der Waals surface area contributed by atoms with Crippen LogP contribution in [-0.2, 0) is 16.0 Å². The Bertz CT molecular complexity index is 582. The first-order chi connectivity index (χ1) is 10.3. The first-order valence-corrected chi connectivity index (χ1v) is 8.08. The number of hydrogen-bond donors (Lipinski definition) is 0. The lowest BCUT2D eigenvalue weighted by Crippen LogP contribution is -2.44. The van der Waals surface area contributed by atoms with Gasteiger partial charge >= 0.3 is 0 Å². The van der Waals surface area contributed by atoms with Crippen LogP contribution in [-0.4, -0.2) is 47.1 Å². The molecule has 0 saturated carbocycles. The number of hydrogen-bond acceptors (Lipinski definition) is 7. The van der Waals surface area contributed by atoms with E-state index < -0.39 is 0 Å². The third-order valence-electron chi connectivity index (χ3n) is 4.00. The van der Waals surface area contributed by atoms with Crippen molar-refractivity contribution in [3.8, 4) is 10.7 Å². The zero-order valence-corrected chi connectivity index (χ0v) is 12.5. The van der Waals surface area contributed by atoms with E-state index in [4.69, 9.17) is 14.0 Å². The van der Waals surface area contributed by atoms with Crippen LogP contribution in [0.1, 0.15) is 18.7 Å². The van der Waals surface area contributed by atoms with Crippen LogP contribution in [0.4, 0.5) is 0 Å². The molecule has 4 heterocycles. The number of piperidine rings is 1. The smallest absolute Gasteiger partial charge is 0.241 e. The van der Waals surface area contributed by atoms with Gasteiger partial charge in [0.05, 0.1) is 24.6 Å². The lowest BCUT2D eigenvalue weighted by Gasteiger charge is -2.36. The molecule has 0 aliphatic carbocycles. The topological polar surface area (TPSA) is 60.6 Å². The molecule has 7 heteroatoms. The summed E-state index contributed by atoms with van der Waals surface area (Å²) in [5.74, 6) is 1.02. The fraction of sp³-hybridized carbons (Fsp3) is 0.571. The molecule has 2 aromatic rings. The SMILES string of the molecule is c1csc(-c2noc(CN3CCC4(CC3)OCCO4)n2)c1. The summed E-state index contributed by atoms with van der Waals surface area (Å²) in [6.07, 6.45) is 1.80. The summed E-state index contributed by atoms with van der Waals surface area (Å²) in [7, 11) is 0. The van der Waals surface area contributed by atoms with Crippen molar-refractivity contribution in [2.75, 3.05) is 26.3 Å².